The van der Waals surface area contributed by atoms with Gasteiger partial charge in [-0.25, -0.2) is 4.99 Å². The third-order valence-electron chi connectivity index (χ3n) is 5.14. The highest BCUT2D eigenvalue weighted by Crippen LogP contribution is 2.30. The van der Waals surface area contributed by atoms with Crippen molar-refractivity contribution in [2.45, 2.75) is 25.9 Å². The maximum Gasteiger partial charge on any atom is 0.251 e. The SMILES string of the molecule is CCNC(=NCc1cccc(C(=O)NC)c1)NC1CCN(c2ccccc2OC)C1. The second-order valence-corrected chi connectivity index (χ2v) is 7.22. The molecule has 1 atom stereocenters. The molecule has 30 heavy (non-hydrogen) atoms. The second kappa shape index (κ2) is 10.5. The number of guanidine groups is 1. The molecule has 7 heteroatoms. The smallest absolute Gasteiger partial charge is 0.251 e. The van der Waals surface area contributed by atoms with Crippen molar-refractivity contribution >= 4 is 17.6 Å². The van der Waals surface area contributed by atoms with Gasteiger partial charge in [-0.15, -0.1) is 0 Å². The molecule has 1 unspecified atom stereocenters. The highest BCUT2D eigenvalue weighted by Gasteiger charge is 2.25. The molecule has 0 aliphatic carbocycles. The van der Waals surface area contributed by atoms with Gasteiger partial charge in [-0.05, 0) is 43.2 Å². The quantitative estimate of drug-likeness (QED) is 0.484. The summed E-state index contributed by atoms with van der Waals surface area (Å²) >= 11 is 0. The largest absolute Gasteiger partial charge is 0.495 e. The third kappa shape index (κ3) is 5.43. The highest BCUT2D eigenvalue weighted by molar-refractivity contribution is 5.94. The van der Waals surface area contributed by atoms with Crippen molar-refractivity contribution < 1.29 is 9.53 Å². The van der Waals surface area contributed by atoms with E-state index in [4.69, 9.17) is 9.73 Å². The number of amides is 1. The van der Waals surface area contributed by atoms with Crippen LogP contribution in [0.25, 0.3) is 0 Å². The first kappa shape index (κ1) is 21.5. The standard InChI is InChI=1S/C23H31N5O2/c1-4-25-23(26-15-17-8-7-9-18(14-17)22(29)24-2)27-19-12-13-28(16-19)20-10-5-6-11-21(20)30-3/h5-11,14,19H,4,12-13,15-16H2,1-3H3,(H,24,29)(H2,25,26,27). The summed E-state index contributed by atoms with van der Waals surface area (Å²) in [7, 11) is 3.34. The van der Waals surface area contributed by atoms with Crippen molar-refractivity contribution in [3.63, 3.8) is 0 Å². The number of ether oxygens (including phenoxy) is 1. The number of methoxy groups -OCH3 is 1. The number of rotatable bonds is 7. The summed E-state index contributed by atoms with van der Waals surface area (Å²) in [4.78, 5) is 18.9. The Hall–Kier alpha value is -3.22. The van der Waals surface area contributed by atoms with Gasteiger partial charge in [0.25, 0.3) is 5.91 Å². The second-order valence-electron chi connectivity index (χ2n) is 7.22. The van der Waals surface area contributed by atoms with E-state index < -0.39 is 0 Å². The number of hydrogen-bond acceptors (Lipinski definition) is 4. The number of benzene rings is 2. The fraction of sp³-hybridized carbons (Fsp3) is 0.391. The minimum Gasteiger partial charge on any atom is -0.495 e. The molecule has 1 heterocycles. The Labute approximate surface area is 178 Å². The molecule has 3 rings (SSSR count). The fourth-order valence-corrected chi connectivity index (χ4v) is 3.63. The molecular formula is C23H31N5O2. The topological polar surface area (TPSA) is 78.0 Å². The van der Waals surface area contributed by atoms with Crippen LogP contribution in [0.5, 0.6) is 5.75 Å². The summed E-state index contributed by atoms with van der Waals surface area (Å²) < 4.78 is 5.51. The molecule has 0 saturated carbocycles. The molecule has 1 fully saturated rings. The van der Waals surface area contributed by atoms with Crippen molar-refractivity contribution in [3.05, 3.63) is 59.7 Å². The summed E-state index contributed by atoms with van der Waals surface area (Å²) in [6.07, 6.45) is 1.02. The van der Waals surface area contributed by atoms with Gasteiger partial charge in [0.15, 0.2) is 5.96 Å². The Kier molecular flexibility index (Phi) is 7.54. The van der Waals surface area contributed by atoms with Crippen LogP contribution in [0.4, 0.5) is 5.69 Å². The normalized spacial score (nSPS) is 16.3. The molecule has 160 valence electrons. The van der Waals surface area contributed by atoms with Crippen molar-refractivity contribution in [1.29, 1.82) is 0 Å². The average Bonchev–Trinajstić information content (AvgIpc) is 3.25. The molecule has 7 nitrogen and oxygen atoms in total. The van der Waals surface area contributed by atoms with Gasteiger partial charge >= 0.3 is 0 Å². The van der Waals surface area contributed by atoms with E-state index in [1.54, 1.807) is 20.2 Å². The van der Waals surface area contributed by atoms with Crippen LogP contribution in [-0.2, 0) is 6.54 Å². The van der Waals surface area contributed by atoms with Crippen LogP contribution in [0.1, 0.15) is 29.3 Å². The molecule has 1 aliphatic rings. The minimum absolute atomic E-state index is 0.0896. The zero-order chi connectivity index (χ0) is 21.3. The van der Waals surface area contributed by atoms with Gasteiger partial charge in [-0.3, -0.25) is 4.79 Å². The molecule has 2 aromatic rings. The lowest BCUT2D eigenvalue weighted by Gasteiger charge is -2.22. The number of anilines is 1. The summed E-state index contributed by atoms with van der Waals surface area (Å²) in [5.41, 5.74) is 2.76. The van der Waals surface area contributed by atoms with E-state index in [1.807, 2.05) is 36.4 Å². The average molecular weight is 410 g/mol. The molecule has 0 spiro atoms. The Bertz CT molecular complexity index is 883. The van der Waals surface area contributed by atoms with Crippen LogP contribution in [0.15, 0.2) is 53.5 Å². The van der Waals surface area contributed by atoms with Gasteiger partial charge in [0, 0.05) is 38.3 Å². The van der Waals surface area contributed by atoms with Crippen LogP contribution in [0.3, 0.4) is 0 Å². The predicted molar refractivity (Wildman–Crippen MR) is 121 cm³/mol. The maximum absolute atomic E-state index is 11.8. The Morgan fingerprint density at radius 2 is 2.07 bits per heavy atom. The van der Waals surface area contributed by atoms with Crippen LogP contribution < -0.4 is 25.6 Å². The van der Waals surface area contributed by atoms with Crippen molar-refractivity contribution in [3.8, 4) is 5.75 Å². The number of hydrogen-bond donors (Lipinski definition) is 3. The lowest BCUT2D eigenvalue weighted by molar-refractivity contribution is 0.0963. The van der Waals surface area contributed by atoms with Crippen LogP contribution in [0.2, 0.25) is 0 Å². The van der Waals surface area contributed by atoms with Crippen LogP contribution in [-0.4, -0.2) is 51.7 Å². The zero-order valence-corrected chi connectivity index (χ0v) is 17.9. The Morgan fingerprint density at radius 3 is 2.83 bits per heavy atom. The number of carbonyl (C=O) groups is 1. The molecule has 0 radical (unpaired) electrons. The molecule has 1 saturated heterocycles. The fourth-order valence-electron chi connectivity index (χ4n) is 3.63. The van der Waals surface area contributed by atoms with Gasteiger partial charge in [-0.2, -0.15) is 0 Å². The molecule has 0 aromatic heterocycles. The van der Waals surface area contributed by atoms with E-state index in [0.717, 1.165) is 49.0 Å². The number of aliphatic imine (C=N–C) groups is 1. The van der Waals surface area contributed by atoms with Crippen LogP contribution >= 0.6 is 0 Å². The summed E-state index contributed by atoms with van der Waals surface area (Å²) in [5.74, 6) is 1.60. The first-order valence-electron chi connectivity index (χ1n) is 10.4. The van der Waals surface area contributed by atoms with E-state index >= 15 is 0 Å². The first-order chi connectivity index (χ1) is 14.6. The van der Waals surface area contributed by atoms with E-state index in [2.05, 4.69) is 33.8 Å². The van der Waals surface area contributed by atoms with Crippen LogP contribution in [0, 0.1) is 0 Å². The first-order valence-corrected chi connectivity index (χ1v) is 10.4. The Balaban J connectivity index is 1.64. The van der Waals surface area contributed by atoms with E-state index in [-0.39, 0.29) is 5.91 Å². The molecule has 1 aliphatic heterocycles. The van der Waals surface area contributed by atoms with E-state index in [9.17, 15) is 4.79 Å². The summed E-state index contributed by atoms with van der Waals surface area (Å²) in [5, 5.41) is 9.53. The van der Waals surface area contributed by atoms with Gasteiger partial charge in [0.2, 0.25) is 0 Å². The van der Waals surface area contributed by atoms with E-state index in [1.165, 1.54) is 0 Å². The van der Waals surface area contributed by atoms with E-state index in [0.29, 0.717) is 18.2 Å². The van der Waals surface area contributed by atoms with Crippen molar-refractivity contribution in [2.24, 2.45) is 4.99 Å². The summed E-state index contributed by atoms with van der Waals surface area (Å²) in [6.45, 7) is 5.19. The van der Waals surface area contributed by atoms with Crippen molar-refractivity contribution in [1.82, 2.24) is 16.0 Å². The number of para-hydroxylation sites is 2. The molecular weight excluding hydrogens is 378 g/mol. The third-order valence-corrected chi connectivity index (χ3v) is 5.14. The highest BCUT2D eigenvalue weighted by atomic mass is 16.5. The molecule has 0 bridgehead atoms. The predicted octanol–water partition coefficient (Wildman–Crippen LogP) is 2.39. The number of nitrogens with zero attached hydrogens (tertiary/aromatic N) is 2. The summed E-state index contributed by atoms with van der Waals surface area (Å²) in [6, 6.07) is 16.0. The lowest BCUT2D eigenvalue weighted by Crippen LogP contribution is -2.44. The maximum atomic E-state index is 11.8. The van der Waals surface area contributed by atoms with Gasteiger partial charge in [-0.1, -0.05) is 24.3 Å². The zero-order valence-electron chi connectivity index (χ0n) is 17.9. The molecule has 3 N–H and O–H groups in total. The van der Waals surface area contributed by atoms with Gasteiger partial charge in [0.05, 0.1) is 19.3 Å². The Morgan fingerprint density at radius 1 is 1.23 bits per heavy atom. The molecule has 1 amide bonds. The minimum atomic E-state index is -0.0896. The lowest BCUT2D eigenvalue weighted by atomic mass is 10.1. The monoisotopic (exact) mass is 409 g/mol. The van der Waals surface area contributed by atoms with Gasteiger partial charge < -0.3 is 25.6 Å². The number of carbonyl (C=O) groups excluding carboxylic acids is 1. The number of nitrogens with one attached hydrogen (secondary N) is 3. The molecule has 2 aromatic carbocycles. The van der Waals surface area contributed by atoms with Gasteiger partial charge in [0.1, 0.15) is 5.75 Å². The van der Waals surface area contributed by atoms with Crippen molar-refractivity contribution in [2.75, 3.05) is 38.7 Å².